The number of amides is 2. The lowest BCUT2D eigenvalue weighted by molar-refractivity contribution is -0.127. The third kappa shape index (κ3) is 6.05. The molecule has 184 valence electrons. The Bertz CT molecular complexity index is 1300. The van der Waals surface area contributed by atoms with Gasteiger partial charge >= 0.3 is 0 Å². The maximum atomic E-state index is 13.5. The van der Waals surface area contributed by atoms with Gasteiger partial charge in [0.1, 0.15) is 11.6 Å². The summed E-state index contributed by atoms with van der Waals surface area (Å²) in [6, 6.07) is 19.2. The minimum atomic E-state index is -0.295. The number of hydrogen-bond donors (Lipinski definition) is 2. The number of nitrogens with zero attached hydrogens (tertiary/aromatic N) is 3. The minimum absolute atomic E-state index is 0.0473. The van der Waals surface area contributed by atoms with Gasteiger partial charge in [-0.1, -0.05) is 30.3 Å². The molecule has 0 radical (unpaired) electrons. The van der Waals surface area contributed by atoms with Crippen molar-refractivity contribution in [3.8, 4) is 17.3 Å². The first kappa shape index (κ1) is 24.9. The van der Waals surface area contributed by atoms with Crippen molar-refractivity contribution in [2.45, 2.75) is 19.8 Å². The quantitative estimate of drug-likeness (QED) is 0.502. The number of rotatable bonds is 8. The summed E-state index contributed by atoms with van der Waals surface area (Å²) in [5.41, 5.74) is 2.95. The standard InChI is InChI=1S/C28H28FN5O2/c1-19(35)34-14-12-21(18-34)17-32-28(36)25-9-10-26(24-8-3-2-6-22(24)16-30)33-27(25)31-13-11-20-5-4-7-23(29)15-20/h2-10,15,21H,11-14,17-18H2,1H3,(H,31,33)(H,32,36). The molecule has 1 atom stereocenters. The Hall–Kier alpha value is -4.25. The molecule has 8 heteroatoms. The van der Waals surface area contributed by atoms with Crippen molar-refractivity contribution in [2.75, 3.05) is 31.5 Å². The second-order valence-corrected chi connectivity index (χ2v) is 8.89. The van der Waals surface area contributed by atoms with Crippen molar-refractivity contribution in [2.24, 2.45) is 5.92 Å². The maximum Gasteiger partial charge on any atom is 0.255 e. The van der Waals surface area contributed by atoms with Gasteiger partial charge in [0.25, 0.3) is 5.91 Å². The average Bonchev–Trinajstić information content (AvgIpc) is 3.37. The summed E-state index contributed by atoms with van der Waals surface area (Å²) in [5, 5.41) is 15.7. The Labute approximate surface area is 210 Å². The van der Waals surface area contributed by atoms with Gasteiger partial charge < -0.3 is 15.5 Å². The highest BCUT2D eigenvalue weighted by atomic mass is 19.1. The monoisotopic (exact) mass is 485 g/mol. The lowest BCUT2D eigenvalue weighted by Crippen LogP contribution is -2.32. The third-order valence-corrected chi connectivity index (χ3v) is 6.34. The molecule has 2 heterocycles. The van der Waals surface area contributed by atoms with E-state index in [0.29, 0.717) is 60.8 Å². The molecule has 2 aromatic carbocycles. The van der Waals surface area contributed by atoms with Crippen molar-refractivity contribution >= 4 is 17.6 Å². The Morgan fingerprint density at radius 3 is 2.75 bits per heavy atom. The number of carbonyl (C=O) groups is 2. The van der Waals surface area contributed by atoms with Crippen molar-refractivity contribution in [1.82, 2.24) is 15.2 Å². The Kier molecular flexibility index (Phi) is 7.91. The zero-order valence-corrected chi connectivity index (χ0v) is 20.1. The van der Waals surface area contributed by atoms with Crippen LogP contribution in [-0.4, -0.2) is 47.9 Å². The molecule has 0 bridgehead atoms. The Balaban J connectivity index is 1.52. The number of halogens is 1. The molecule has 1 aliphatic heterocycles. The molecule has 0 spiro atoms. The SMILES string of the molecule is CC(=O)N1CCC(CNC(=O)c2ccc(-c3ccccc3C#N)nc2NCCc2cccc(F)c2)C1. The molecule has 2 amide bonds. The summed E-state index contributed by atoms with van der Waals surface area (Å²) < 4.78 is 13.5. The number of nitriles is 1. The van der Waals surface area contributed by atoms with E-state index in [2.05, 4.69) is 21.7 Å². The molecule has 1 aromatic heterocycles. The summed E-state index contributed by atoms with van der Waals surface area (Å²) in [6.45, 7) is 3.80. The van der Waals surface area contributed by atoms with Gasteiger partial charge in [0.2, 0.25) is 5.91 Å². The predicted molar refractivity (Wildman–Crippen MR) is 136 cm³/mol. The molecule has 0 saturated carbocycles. The van der Waals surface area contributed by atoms with Crippen LogP contribution in [-0.2, 0) is 11.2 Å². The predicted octanol–water partition coefficient (Wildman–Crippen LogP) is 4.01. The summed E-state index contributed by atoms with van der Waals surface area (Å²) in [4.78, 5) is 31.2. The number of pyridine rings is 1. The van der Waals surface area contributed by atoms with Crippen molar-refractivity contribution in [3.05, 3.63) is 83.2 Å². The number of aromatic nitrogens is 1. The van der Waals surface area contributed by atoms with Crippen LogP contribution in [0.25, 0.3) is 11.3 Å². The first-order valence-electron chi connectivity index (χ1n) is 12.0. The van der Waals surface area contributed by atoms with E-state index in [1.807, 2.05) is 18.2 Å². The highest BCUT2D eigenvalue weighted by Gasteiger charge is 2.25. The summed E-state index contributed by atoms with van der Waals surface area (Å²) in [7, 11) is 0. The molecular formula is C28H28FN5O2. The second kappa shape index (κ2) is 11.5. The number of anilines is 1. The van der Waals surface area contributed by atoms with Gasteiger partial charge in [-0.15, -0.1) is 0 Å². The molecule has 0 aliphatic carbocycles. The molecule has 1 aliphatic rings. The number of nitrogens with one attached hydrogen (secondary N) is 2. The number of hydrogen-bond acceptors (Lipinski definition) is 5. The first-order valence-corrected chi connectivity index (χ1v) is 12.0. The fourth-order valence-corrected chi connectivity index (χ4v) is 4.37. The highest BCUT2D eigenvalue weighted by Crippen LogP contribution is 2.25. The molecule has 1 unspecified atom stereocenters. The van der Waals surface area contributed by atoms with E-state index in [1.54, 1.807) is 42.2 Å². The van der Waals surface area contributed by atoms with E-state index >= 15 is 0 Å². The normalized spacial score (nSPS) is 14.8. The Morgan fingerprint density at radius 1 is 1.17 bits per heavy atom. The van der Waals surface area contributed by atoms with Crippen LogP contribution in [0, 0.1) is 23.1 Å². The van der Waals surface area contributed by atoms with Crippen LogP contribution in [0.1, 0.15) is 34.8 Å². The van der Waals surface area contributed by atoms with Gasteiger partial charge in [0.05, 0.1) is 22.9 Å². The Morgan fingerprint density at radius 2 is 2.00 bits per heavy atom. The average molecular weight is 486 g/mol. The van der Waals surface area contributed by atoms with Gasteiger partial charge in [0.15, 0.2) is 0 Å². The van der Waals surface area contributed by atoms with Crippen LogP contribution in [0.3, 0.4) is 0 Å². The lowest BCUT2D eigenvalue weighted by atomic mass is 10.0. The molecule has 1 saturated heterocycles. The van der Waals surface area contributed by atoms with E-state index in [4.69, 9.17) is 0 Å². The second-order valence-electron chi connectivity index (χ2n) is 8.89. The minimum Gasteiger partial charge on any atom is -0.369 e. The molecule has 4 rings (SSSR count). The smallest absolute Gasteiger partial charge is 0.255 e. The topological polar surface area (TPSA) is 98.1 Å². The molecule has 2 N–H and O–H groups in total. The van der Waals surface area contributed by atoms with Gasteiger partial charge in [0, 0.05) is 38.7 Å². The third-order valence-electron chi connectivity index (χ3n) is 6.34. The number of likely N-dealkylation sites (tertiary alicyclic amines) is 1. The summed E-state index contributed by atoms with van der Waals surface area (Å²) in [6.07, 6.45) is 1.39. The van der Waals surface area contributed by atoms with E-state index < -0.39 is 0 Å². The molecule has 36 heavy (non-hydrogen) atoms. The van der Waals surface area contributed by atoms with Crippen molar-refractivity contribution in [1.29, 1.82) is 5.26 Å². The van der Waals surface area contributed by atoms with Crippen LogP contribution in [0.2, 0.25) is 0 Å². The van der Waals surface area contributed by atoms with Crippen LogP contribution >= 0.6 is 0 Å². The van der Waals surface area contributed by atoms with E-state index in [1.165, 1.54) is 12.1 Å². The summed E-state index contributed by atoms with van der Waals surface area (Å²) in [5.74, 6) is 0.0853. The number of benzene rings is 2. The largest absolute Gasteiger partial charge is 0.369 e. The fourth-order valence-electron chi connectivity index (χ4n) is 4.37. The van der Waals surface area contributed by atoms with Crippen LogP contribution in [0.5, 0.6) is 0 Å². The van der Waals surface area contributed by atoms with Crippen LogP contribution < -0.4 is 10.6 Å². The first-order chi connectivity index (χ1) is 17.4. The zero-order valence-electron chi connectivity index (χ0n) is 20.1. The number of carbonyl (C=O) groups excluding carboxylic acids is 2. The van der Waals surface area contributed by atoms with Gasteiger partial charge in [-0.3, -0.25) is 9.59 Å². The lowest BCUT2D eigenvalue weighted by Gasteiger charge is -2.16. The zero-order chi connectivity index (χ0) is 25.5. The summed E-state index contributed by atoms with van der Waals surface area (Å²) >= 11 is 0. The molecule has 7 nitrogen and oxygen atoms in total. The van der Waals surface area contributed by atoms with Crippen LogP contribution in [0.15, 0.2) is 60.7 Å². The van der Waals surface area contributed by atoms with E-state index in [0.717, 1.165) is 12.0 Å². The van der Waals surface area contributed by atoms with Crippen molar-refractivity contribution in [3.63, 3.8) is 0 Å². The molecule has 3 aromatic rings. The maximum absolute atomic E-state index is 13.5. The fraction of sp³-hybridized carbons (Fsp3) is 0.286. The van der Waals surface area contributed by atoms with Crippen LogP contribution in [0.4, 0.5) is 10.2 Å². The molecular weight excluding hydrogens is 457 g/mol. The highest BCUT2D eigenvalue weighted by molar-refractivity contribution is 5.99. The van der Waals surface area contributed by atoms with Gasteiger partial charge in [-0.05, 0) is 54.7 Å². The van der Waals surface area contributed by atoms with Gasteiger partial charge in [-0.25, -0.2) is 9.37 Å². The van der Waals surface area contributed by atoms with E-state index in [9.17, 15) is 19.2 Å². The van der Waals surface area contributed by atoms with Gasteiger partial charge in [-0.2, -0.15) is 5.26 Å². The van der Waals surface area contributed by atoms with Crippen molar-refractivity contribution < 1.29 is 14.0 Å². The van der Waals surface area contributed by atoms with E-state index in [-0.39, 0.29) is 23.5 Å². The molecule has 1 fully saturated rings.